The van der Waals surface area contributed by atoms with Crippen LogP contribution in [0.25, 0.3) is 11.4 Å². The van der Waals surface area contributed by atoms with Gasteiger partial charge < -0.3 is 10.5 Å². The molecule has 1 fully saturated rings. The molecule has 0 aliphatic heterocycles. The third-order valence-corrected chi connectivity index (χ3v) is 4.13. The number of hydrogen-bond acceptors (Lipinski definition) is 5. The maximum absolute atomic E-state index is 5.94. The van der Waals surface area contributed by atoms with Crippen molar-refractivity contribution in [3.05, 3.63) is 18.2 Å². The summed E-state index contributed by atoms with van der Waals surface area (Å²) in [5.74, 6) is 2.05. The molecular formula is C14H19N5O. The molecule has 0 saturated heterocycles. The number of tetrazole rings is 1. The monoisotopic (exact) mass is 273 g/mol. The van der Waals surface area contributed by atoms with E-state index in [1.165, 1.54) is 6.42 Å². The van der Waals surface area contributed by atoms with Crippen LogP contribution in [0, 0.1) is 11.3 Å². The topological polar surface area (TPSA) is 78.9 Å². The average Bonchev–Trinajstić information content (AvgIpc) is 2.82. The Morgan fingerprint density at radius 2 is 2.20 bits per heavy atom. The van der Waals surface area contributed by atoms with E-state index in [0.717, 1.165) is 17.9 Å². The Balaban J connectivity index is 1.87. The molecule has 1 aliphatic rings. The van der Waals surface area contributed by atoms with Gasteiger partial charge in [0.2, 0.25) is 0 Å². The molecule has 3 rings (SSSR count). The zero-order valence-corrected chi connectivity index (χ0v) is 12.0. The summed E-state index contributed by atoms with van der Waals surface area (Å²) in [4.78, 5) is 0. The summed E-state index contributed by atoms with van der Waals surface area (Å²) < 4.78 is 7.03. The van der Waals surface area contributed by atoms with Gasteiger partial charge in [-0.15, -0.1) is 5.10 Å². The third kappa shape index (κ3) is 2.21. The first-order valence-corrected chi connectivity index (χ1v) is 6.71. The van der Waals surface area contributed by atoms with Crippen molar-refractivity contribution in [2.24, 2.45) is 11.3 Å². The molecule has 0 spiro atoms. The minimum Gasteiger partial charge on any atom is -0.495 e. The van der Waals surface area contributed by atoms with E-state index in [9.17, 15) is 0 Å². The SMILES string of the molecule is COc1ccc(-c2nnnn2CC2CC2(C)C)cc1N. The van der Waals surface area contributed by atoms with Crippen LogP contribution in [0.3, 0.4) is 0 Å². The molecule has 1 heterocycles. The number of anilines is 1. The van der Waals surface area contributed by atoms with Gasteiger partial charge in [0.25, 0.3) is 0 Å². The molecule has 1 aromatic carbocycles. The average molecular weight is 273 g/mol. The second-order valence-electron chi connectivity index (χ2n) is 6.03. The molecule has 2 aromatic rings. The van der Waals surface area contributed by atoms with Crippen molar-refractivity contribution in [3.8, 4) is 17.1 Å². The van der Waals surface area contributed by atoms with Gasteiger partial charge in [0.1, 0.15) is 5.75 Å². The van der Waals surface area contributed by atoms with E-state index < -0.39 is 0 Å². The van der Waals surface area contributed by atoms with Gasteiger partial charge in [-0.25, -0.2) is 4.68 Å². The number of rotatable bonds is 4. The Morgan fingerprint density at radius 1 is 1.45 bits per heavy atom. The highest BCUT2D eigenvalue weighted by Crippen LogP contribution is 2.52. The lowest BCUT2D eigenvalue weighted by atomic mass is 10.1. The standard InChI is InChI=1S/C14H19N5O/c1-14(2)7-10(14)8-19-13(16-17-18-19)9-4-5-12(20-3)11(15)6-9/h4-6,10H,7-8,15H2,1-3H3. The highest BCUT2D eigenvalue weighted by molar-refractivity contribution is 5.66. The lowest BCUT2D eigenvalue weighted by Crippen LogP contribution is -2.07. The molecule has 0 amide bonds. The van der Waals surface area contributed by atoms with Gasteiger partial charge in [-0.05, 0) is 46.4 Å². The number of aromatic nitrogens is 4. The summed E-state index contributed by atoms with van der Waals surface area (Å²) in [6.45, 7) is 5.39. The Labute approximate surface area is 117 Å². The number of nitrogens with zero attached hydrogens (tertiary/aromatic N) is 4. The van der Waals surface area contributed by atoms with E-state index in [-0.39, 0.29) is 0 Å². The van der Waals surface area contributed by atoms with Crippen LogP contribution in [-0.4, -0.2) is 27.3 Å². The van der Waals surface area contributed by atoms with E-state index in [1.54, 1.807) is 7.11 Å². The number of hydrogen-bond donors (Lipinski definition) is 1. The van der Waals surface area contributed by atoms with Gasteiger partial charge >= 0.3 is 0 Å². The van der Waals surface area contributed by atoms with Crippen molar-refractivity contribution >= 4 is 5.69 Å². The van der Waals surface area contributed by atoms with Gasteiger partial charge in [0.15, 0.2) is 5.82 Å². The molecule has 1 atom stereocenters. The molecule has 6 heteroatoms. The molecule has 1 aromatic heterocycles. The predicted octanol–water partition coefficient (Wildman–Crippen LogP) is 1.98. The number of ether oxygens (including phenoxy) is 1. The van der Waals surface area contributed by atoms with Gasteiger partial charge in [-0.1, -0.05) is 13.8 Å². The van der Waals surface area contributed by atoms with Crippen LogP contribution in [0.4, 0.5) is 5.69 Å². The highest BCUT2D eigenvalue weighted by atomic mass is 16.5. The number of nitrogen functional groups attached to an aromatic ring is 1. The van der Waals surface area contributed by atoms with E-state index in [4.69, 9.17) is 10.5 Å². The second-order valence-corrected chi connectivity index (χ2v) is 6.03. The summed E-state index contributed by atoms with van der Waals surface area (Å²) in [5, 5.41) is 12.0. The smallest absolute Gasteiger partial charge is 0.182 e. The van der Waals surface area contributed by atoms with Crippen molar-refractivity contribution in [3.63, 3.8) is 0 Å². The minimum atomic E-state index is 0.405. The molecule has 1 unspecified atom stereocenters. The summed E-state index contributed by atoms with van der Waals surface area (Å²) in [5.41, 5.74) is 7.85. The van der Waals surface area contributed by atoms with Gasteiger partial charge in [0, 0.05) is 12.1 Å². The number of methoxy groups -OCH3 is 1. The zero-order chi connectivity index (χ0) is 14.3. The summed E-state index contributed by atoms with van der Waals surface area (Å²) in [7, 11) is 1.60. The Morgan fingerprint density at radius 3 is 2.80 bits per heavy atom. The molecule has 1 saturated carbocycles. The van der Waals surface area contributed by atoms with E-state index >= 15 is 0 Å². The van der Waals surface area contributed by atoms with Crippen LogP contribution >= 0.6 is 0 Å². The fourth-order valence-electron chi connectivity index (χ4n) is 2.50. The lowest BCUT2D eigenvalue weighted by molar-refractivity contribution is 0.417. The van der Waals surface area contributed by atoms with Crippen molar-refractivity contribution < 1.29 is 4.74 Å². The van der Waals surface area contributed by atoms with Crippen LogP contribution < -0.4 is 10.5 Å². The van der Waals surface area contributed by atoms with Crippen LogP contribution in [-0.2, 0) is 6.54 Å². The van der Waals surface area contributed by atoms with E-state index in [2.05, 4.69) is 29.4 Å². The summed E-state index contributed by atoms with van der Waals surface area (Å²) >= 11 is 0. The molecule has 20 heavy (non-hydrogen) atoms. The largest absolute Gasteiger partial charge is 0.495 e. The van der Waals surface area contributed by atoms with Crippen molar-refractivity contribution in [1.29, 1.82) is 0 Å². The Kier molecular flexibility index (Phi) is 2.88. The summed E-state index contributed by atoms with van der Waals surface area (Å²) in [6.07, 6.45) is 1.22. The molecule has 1 aliphatic carbocycles. The highest BCUT2D eigenvalue weighted by Gasteiger charge is 2.46. The molecule has 0 bridgehead atoms. The van der Waals surface area contributed by atoms with Gasteiger partial charge in [-0.2, -0.15) is 0 Å². The zero-order valence-electron chi connectivity index (χ0n) is 12.0. The van der Waals surface area contributed by atoms with Gasteiger partial charge in [0.05, 0.1) is 12.8 Å². The third-order valence-electron chi connectivity index (χ3n) is 4.13. The molecule has 0 radical (unpaired) electrons. The van der Waals surface area contributed by atoms with Crippen molar-refractivity contribution in [2.45, 2.75) is 26.8 Å². The van der Waals surface area contributed by atoms with Crippen molar-refractivity contribution in [1.82, 2.24) is 20.2 Å². The van der Waals surface area contributed by atoms with E-state index in [1.807, 2.05) is 22.9 Å². The second kappa shape index (κ2) is 4.47. The van der Waals surface area contributed by atoms with Crippen LogP contribution in [0.1, 0.15) is 20.3 Å². The first-order chi connectivity index (χ1) is 9.51. The quantitative estimate of drug-likeness (QED) is 0.862. The van der Waals surface area contributed by atoms with Crippen LogP contribution in [0.15, 0.2) is 18.2 Å². The van der Waals surface area contributed by atoms with E-state index in [0.29, 0.717) is 22.8 Å². The lowest BCUT2D eigenvalue weighted by Gasteiger charge is -2.08. The summed E-state index contributed by atoms with van der Waals surface area (Å²) in [6, 6.07) is 5.61. The normalized spacial score (nSPS) is 19.9. The minimum absolute atomic E-state index is 0.405. The number of benzene rings is 1. The predicted molar refractivity (Wildman–Crippen MR) is 76.1 cm³/mol. The molecule has 2 N–H and O–H groups in total. The first-order valence-electron chi connectivity index (χ1n) is 6.71. The number of nitrogens with two attached hydrogens (primary N) is 1. The molecular weight excluding hydrogens is 254 g/mol. The maximum atomic E-state index is 5.94. The Hall–Kier alpha value is -2.11. The Bertz CT molecular complexity index is 634. The van der Waals surface area contributed by atoms with Gasteiger partial charge in [-0.3, -0.25) is 0 Å². The molecule has 106 valence electrons. The fraction of sp³-hybridized carbons (Fsp3) is 0.500. The maximum Gasteiger partial charge on any atom is 0.182 e. The fourth-order valence-corrected chi connectivity index (χ4v) is 2.50. The van der Waals surface area contributed by atoms with Crippen LogP contribution in [0.2, 0.25) is 0 Å². The van der Waals surface area contributed by atoms with Crippen molar-refractivity contribution in [2.75, 3.05) is 12.8 Å². The first kappa shape index (κ1) is 12.9. The van der Waals surface area contributed by atoms with Crippen LogP contribution in [0.5, 0.6) is 5.75 Å². The molecule has 6 nitrogen and oxygen atoms in total.